The smallest absolute Gasteiger partial charge is 0.263 e. The number of hydrogen-bond acceptors (Lipinski definition) is 6. The summed E-state index contributed by atoms with van der Waals surface area (Å²) >= 11 is 1.25. The first kappa shape index (κ1) is 15.0. The van der Waals surface area contributed by atoms with Crippen LogP contribution < -0.4 is 10.6 Å². The number of carbonyl (C=O) groups is 2. The van der Waals surface area contributed by atoms with E-state index in [1.807, 2.05) is 0 Å². The van der Waals surface area contributed by atoms with Gasteiger partial charge in [-0.3, -0.25) is 9.59 Å². The zero-order chi connectivity index (χ0) is 15.2. The number of thiazole rings is 1. The molecule has 0 bridgehead atoms. The van der Waals surface area contributed by atoms with Crippen LogP contribution in [0.1, 0.15) is 22.3 Å². The summed E-state index contributed by atoms with van der Waals surface area (Å²) in [4.78, 5) is 35.9. The number of rotatable bonds is 5. The van der Waals surface area contributed by atoms with Crippen molar-refractivity contribution < 1.29 is 9.59 Å². The van der Waals surface area contributed by atoms with E-state index in [0.29, 0.717) is 34.5 Å². The van der Waals surface area contributed by atoms with Crippen molar-refractivity contribution in [3.05, 3.63) is 29.0 Å². The molecule has 0 aliphatic rings. The molecule has 0 unspecified atom stereocenters. The van der Waals surface area contributed by atoms with Gasteiger partial charge in [0, 0.05) is 32.4 Å². The second-order valence-corrected chi connectivity index (χ2v) is 5.24. The second-order valence-electron chi connectivity index (χ2n) is 4.24. The Morgan fingerprint density at radius 3 is 2.52 bits per heavy atom. The third kappa shape index (κ3) is 4.06. The molecule has 21 heavy (non-hydrogen) atoms. The average Bonchev–Trinajstić information content (AvgIpc) is 2.86. The maximum absolute atomic E-state index is 12.1. The first-order chi connectivity index (χ1) is 10.1. The molecule has 0 radical (unpaired) electrons. The third-order valence-electron chi connectivity index (χ3n) is 2.54. The van der Waals surface area contributed by atoms with Crippen LogP contribution in [0.3, 0.4) is 0 Å². The molecule has 2 rings (SSSR count). The Morgan fingerprint density at radius 2 is 1.86 bits per heavy atom. The minimum Gasteiger partial charge on any atom is -0.355 e. The van der Waals surface area contributed by atoms with Gasteiger partial charge in [0.2, 0.25) is 5.91 Å². The number of amides is 2. The molecule has 0 spiro atoms. The summed E-state index contributed by atoms with van der Waals surface area (Å²) in [6.45, 7) is 3.97. The quantitative estimate of drug-likeness (QED) is 0.795. The fourth-order valence-corrected chi connectivity index (χ4v) is 2.54. The van der Waals surface area contributed by atoms with Crippen molar-refractivity contribution in [2.45, 2.75) is 13.8 Å². The molecule has 8 heteroatoms. The molecular weight excluding hydrogens is 290 g/mol. The van der Waals surface area contributed by atoms with E-state index in [-0.39, 0.29) is 11.8 Å². The predicted molar refractivity (Wildman–Crippen MR) is 78.9 cm³/mol. The molecule has 0 atom stereocenters. The monoisotopic (exact) mass is 305 g/mol. The van der Waals surface area contributed by atoms with Crippen molar-refractivity contribution in [2.75, 3.05) is 13.1 Å². The third-order valence-corrected chi connectivity index (χ3v) is 3.70. The van der Waals surface area contributed by atoms with Crippen molar-refractivity contribution >= 4 is 23.2 Å². The standard InChI is InChI=1S/C13H15N5O2S/c1-8-10(12(20)17-7-6-14-9(2)19)21-13(18-8)11-15-4-3-5-16-11/h3-5H,6-7H2,1-2H3,(H,14,19)(H,17,20). The minimum absolute atomic E-state index is 0.123. The van der Waals surface area contributed by atoms with Gasteiger partial charge in [0.1, 0.15) is 4.88 Å². The Kier molecular flexibility index (Phi) is 4.94. The number of nitrogens with zero attached hydrogens (tertiary/aromatic N) is 3. The number of aromatic nitrogens is 3. The van der Waals surface area contributed by atoms with Crippen LogP contribution in [0.5, 0.6) is 0 Å². The van der Waals surface area contributed by atoms with Gasteiger partial charge in [0.25, 0.3) is 5.91 Å². The molecule has 7 nitrogen and oxygen atoms in total. The maximum Gasteiger partial charge on any atom is 0.263 e. The fraction of sp³-hybridized carbons (Fsp3) is 0.308. The topological polar surface area (TPSA) is 96.9 Å². The average molecular weight is 305 g/mol. The van der Waals surface area contributed by atoms with Gasteiger partial charge in [-0.25, -0.2) is 15.0 Å². The number of aryl methyl sites for hydroxylation is 1. The van der Waals surface area contributed by atoms with Crippen molar-refractivity contribution in [1.82, 2.24) is 25.6 Å². The molecule has 0 saturated heterocycles. The molecule has 0 aromatic carbocycles. The zero-order valence-electron chi connectivity index (χ0n) is 11.7. The first-order valence-corrected chi connectivity index (χ1v) is 7.17. The molecule has 2 heterocycles. The Balaban J connectivity index is 2.02. The number of hydrogen-bond donors (Lipinski definition) is 2. The molecule has 2 aromatic heterocycles. The van der Waals surface area contributed by atoms with Crippen molar-refractivity contribution in [2.24, 2.45) is 0 Å². The van der Waals surface area contributed by atoms with E-state index in [1.54, 1.807) is 25.4 Å². The summed E-state index contributed by atoms with van der Waals surface area (Å²) in [5.74, 6) is 0.169. The minimum atomic E-state index is -0.211. The summed E-state index contributed by atoms with van der Waals surface area (Å²) in [6, 6.07) is 1.72. The number of nitrogens with one attached hydrogen (secondary N) is 2. The Morgan fingerprint density at radius 1 is 1.19 bits per heavy atom. The first-order valence-electron chi connectivity index (χ1n) is 6.35. The van der Waals surface area contributed by atoms with Crippen LogP contribution in [0.4, 0.5) is 0 Å². The van der Waals surface area contributed by atoms with Crippen LogP contribution >= 0.6 is 11.3 Å². The summed E-state index contributed by atoms with van der Waals surface area (Å²) in [7, 11) is 0. The summed E-state index contributed by atoms with van der Waals surface area (Å²) in [5, 5.41) is 5.96. The predicted octanol–water partition coefficient (Wildman–Crippen LogP) is 0.774. The highest BCUT2D eigenvalue weighted by Gasteiger charge is 2.16. The SMILES string of the molecule is CC(=O)NCCNC(=O)c1sc(-c2ncccn2)nc1C. The lowest BCUT2D eigenvalue weighted by Crippen LogP contribution is -2.33. The van der Waals surface area contributed by atoms with Crippen LogP contribution in [0.25, 0.3) is 10.8 Å². The lowest BCUT2D eigenvalue weighted by molar-refractivity contribution is -0.118. The van der Waals surface area contributed by atoms with E-state index in [9.17, 15) is 9.59 Å². The Labute approximate surface area is 125 Å². The summed E-state index contributed by atoms with van der Waals surface area (Å²) in [6.07, 6.45) is 3.26. The van der Waals surface area contributed by atoms with E-state index < -0.39 is 0 Å². The van der Waals surface area contributed by atoms with Crippen molar-refractivity contribution in [1.29, 1.82) is 0 Å². The number of carbonyl (C=O) groups excluding carboxylic acids is 2. The van der Waals surface area contributed by atoms with Crippen LogP contribution in [-0.4, -0.2) is 39.9 Å². The van der Waals surface area contributed by atoms with Gasteiger partial charge in [0.15, 0.2) is 10.8 Å². The molecule has 2 aromatic rings. The highest BCUT2D eigenvalue weighted by Crippen LogP contribution is 2.24. The highest BCUT2D eigenvalue weighted by atomic mass is 32.1. The van der Waals surface area contributed by atoms with E-state index in [4.69, 9.17) is 0 Å². The molecular formula is C13H15N5O2S. The van der Waals surface area contributed by atoms with Gasteiger partial charge in [-0.1, -0.05) is 0 Å². The van der Waals surface area contributed by atoms with Crippen molar-refractivity contribution in [3.63, 3.8) is 0 Å². The molecule has 0 saturated carbocycles. The maximum atomic E-state index is 12.1. The van der Waals surface area contributed by atoms with Crippen LogP contribution in [-0.2, 0) is 4.79 Å². The van der Waals surface area contributed by atoms with Gasteiger partial charge in [0.05, 0.1) is 5.69 Å². The highest BCUT2D eigenvalue weighted by molar-refractivity contribution is 7.17. The Bertz CT molecular complexity index is 641. The molecule has 0 aliphatic carbocycles. The van der Waals surface area contributed by atoms with Gasteiger partial charge in [-0.2, -0.15) is 0 Å². The molecule has 0 aliphatic heterocycles. The molecule has 110 valence electrons. The second kappa shape index (κ2) is 6.89. The van der Waals surface area contributed by atoms with Crippen LogP contribution in [0, 0.1) is 6.92 Å². The lowest BCUT2D eigenvalue weighted by atomic mass is 10.3. The van der Waals surface area contributed by atoms with Gasteiger partial charge in [-0.15, -0.1) is 11.3 Å². The van der Waals surface area contributed by atoms with E-state index in [2.05, 4.69) is 25.6 Å². The van der Waals surface area contributed by atoms with E-state index in [0.717, 1.165) is 0 Å². The van der Waals surface area contributed by atoms with Crippen molar-refractivity contribution in [3.8, 4) is 10.8 Å². The van der Waals surface area contributed by atoms with E-state index in [1.165, 1.54) is 18.3 Å². The normalized spacial score (nSPS) is 10.2. The fourth-order valence-electron chi connectivity index (χ4n) is 1.61. The largest absolute Gasteiger partial charge is 0.355 e. The lowest BCUT2D eigenvalue weighted by Gasteiger charge is -2.04. The summed E-state index contributed by atoms with van der Waals surface area (Å²) in [5.41, 5.74) is 0.638. The zero-order valence-corrected chi connectivity index (χ0v) is 12.5. The van der Waals surface area contributed by atoms with Gasteiger partial charge < -0.3 is 10.6 Å². The molecule has 2 N–H and O–H groups in total. The Hall–Kier alpha value is -2.35. The molecule has 0 fully saturated rings. The van der Waals surface area contributed by atoms with Gasteiger partial charge in [-0.05, 0) is 13.0 Å². The van der Waals surface area contributed by atoms with Gasteiger partial charge >= 0.3 is 0 Å². The molecule has 2 amide bonds. The van der Waals surface area contributed by atoms with E-state index >= 15 is 0 Å². The summed E-state index contributed by atoms with van der Waals surface area (Å²) < 4.78 is 0. The van der Waals surface area contributed by atoms with Crippen LogP contribution in [0.15, 0.2) is 18.5 Å². The van der Waals surface area contributed by atoms with Crippen LogP contribution in [0.2, 0.25) is 0 Å².